The predicted molar refractivity (Wildman–Crippen MR) is 89.2 cm³/mol. The van der Waals surface area contributed by atoms with Crippen LogP contribution in [-0.4, -0.2) is 54.9 Å². The van der Waals surface area contributed by atoms with Crippen molar-refractivity contribution in [2.75, 3.05) is 39.1 Å². The predicted octanol–water partition coefficient (Wildman–Crippen LogP) is 3.99. The van der Waals surface area contributed by atoms with Crippen LogP contribution in [0, 0.1) is 5.41 Å². The van der Waals surface area contributed by atoms with Crippen LogP contribution in [0.5, 0.6) is 0 Å². The minimum Gasteiger partial charge on any atom is -0.305 e. The number of piperidine rings is 1. The summed E-state index contributed by atoms with van der Waals surface area (Å²) in [5.74, 6) is 0. The molecular formula is C16H33BrN2. The zero-order chi connectivity index (χ0) is 14.3. The molecule has 1 aliphatic rings. The molecule has 1 saturated heterocycles. The Kier molecular flexibility index (Phi) is 7.93. The van der Waals surface area contributed by atoms with E-state index in [1.165, 1.54) is 58.2 Å². The molecule has 2 nitrogen and oxygen atoms in total. The average molecular weight is 333 g/mol. The van der Waals surface area contributed by atoms with Crippen molar-refractivity contribution in [2.24, 2.45) is 5.41 Å². The molecule has 19 heavy (non-hydrogen) atoms. The van der Waals surface area contributed by atoms with Crippen LogP contribution in [0.3, 0.4) is 0 Å². The molecule has 0 aromatic carbocycles. The minimum absolute atomic E-state index is 0.498. The van der Waals surface area contributed by atoms with E-state index in [1.807, 2.05) is 0 Å². The third-order valence-corrected chi connectivity index (χ3v) is 5.80. The first kappa shape index (κ1) is 17.5. The molecule has 0 amide bonds. The van der Waals surface area contributed by atoms with Crippen molar-refractivity contribution in [3.05, 3.63) is 0 Å². The number of nitrogens with zero attached hydrogens (tertiary/aromatic N) is 2. The van der Waals surface area contributed by atoms with Gasteiger partial charge < -0.3 is 9.80 Å². The first-order chi connectivity index (χ1) is 9.06. The zero-order valence-electron chi connectivity index (χ0n) is 13.4. The van der Waals surface area contributed by atoms with E-state index in [4.69, 9.17) is 0 Å². The lowest BCUT2D eigenvalue weighted by molar-refractivity contribution is 0.0842. The summed E-state index contributed by atoms with van der Waals surface area (Å²) in [6.45, 7) is 8.49. The third kappa shape index (κ3) is 5.35. The molecule has 0 aromatic heterocycles. The topological polar surface area (TPSA) is 6.48 Å². The lowest BCUT2D eigenvalue weighted by Gasteiger charge is -2.42. The second kappa shape index (κ2) is 8.63. The summed E-state index contributed by atoms with van der Waals surface area (Å²) in [7, 11) is 4.45. The fourth-order valence-electron chi connectivity index (χ4n) is 3.59. The number of likely N-dealkylation sites (N-methyl/N-ethyl adjacent to an activating group) is 1. The Hall–Kier alpha value is 0.400. The molecule has 1 rings (SSSR count). The molecule has 0 radical (unpaired) electrons. The van der Waals surface area contributed by atoms with Crippen LogP contribution >= 0.6 is 15.9 Å². The number of hydrogen-bond donors (Lipinski definition) is 0. The minimum atomic E-state index is 0.498. The van der Waals surface area contributed by atoms with Crippen LogP contribution in [0.15, 0.2) is 0 Å². The molecule has 3 heteroatoms. The number of hydrogen-bond acceptors (Lipinski definition) is 2. The Morgan fingerprint density at radius 2 is 1.84 bits per heavy atom. The van der Waals surface area contributed by atoms with Gasteiger partial charge in [-0.25, -0.2) is 0 Å². The van der Waals surface area contributed by atoms with Crippen LogP contribution in [0.1, 0.15) is 52.4 Å². The van der Waals surface area contributed by atoms with Gasteiger partial charge in [0.05, 0.1) is 0 Å². The van der Waals surface area contributed by atoms with E-state index in [1.54, 1.807) is 0 Å². The molecule has 1 fully saturated rings. The summed E-state index contributed by atoms with van der Waals surface area (Å²) in [5.41, 5.74) is 0.498. The maximum Gasteiger partial charge on any atom is 0.0217 e. The van der Waals surface area contributed by atoms with Crippen molar-refractivity contribution in [2.45, 2.75) is 58.4 Å². The van der Waals surface area contributed by atoms with E-state index in [2.05, 4.69) is 53.7 Å². The van der Waals surface area contributed by atoms with Crippen molar-refractivity contribution in [1.82, 2.24) is 9.80 Å². The Morgan fingerprint density at radius 3 is 2.32 bits per heavy atom. The maximum atomic E-state index is 3.81. The average Bonchev–Trinajstić information content (AvgIpc) is 2.39. The van der Waals surface area contributed by atoms with Crippen LogP contribution in [0.2, 0.25) is 0 Å². The van der Waals surface area contributed by atoms with E-state index in [0.29, 0.717) is 5.41 Å². The van der Waals surface area contributed by atoms with Gasteiger partial charge in [0, 0.05) is 24.5 Å². The Balaban J connectivity index is 2.62. The van der Waals surface area contributed by atoms with Crippen molar-refractivity contribution >= 4 is 15.9 Å². The second-order valence-corrected chi connectivity index (χ2v) is 7.19. The van der Waals surface area contributed by atoms with Gasteiger partial charge in [0.25, 0.3) is 0 Å². The number of likely N-dealkylation sites (tertiary alicyclic amines) is 1. The van der Waals surface area contributed by atoms with Gasteiger partial charge in [-0.3, -0.25) is 0 Å². The fraction of sp³-hybridized carbons (Fsp3) is 1.00. The standard InChI is InChI=1S/C16H33BrN2/c1-5-9-16(13-17,10-6-2)14-19-11-7-8-15(12-19)18(3)4/h15H,5-14H2,1-4H3. The normalized spacial score (nSPS) is 22.1. The summed E-state index contributed by atoms with van der Waals surface area (Å²) in [6.07, 6.45) is 8.05. The fourth-order valence-corrected chi connectivity index (χ4v) is 4.33. The first-order valence-electron chi connectivity index (χ1n) is 8.01. The molecule has 0 aromatic rings. The van der Waals surface area contributed by atoms with Crippen molar-refractivity contribution in [3.63, 3.8) is 0 Å². The summed E-state index contributed by atoms with van der Waals surface area (Å²) in [6, 6.07) is 0.755. The largest absolute Gasteiger partial charge is 0.305 e. The second-order valence-electron chi connectivity index (χ2n) is 6.63. The van der Waals surface area contributed by atoms with E-state index in [-0.39, 0.29) is 0 Å². The van der Waals surface area contributed by atoms with E-state index in [9.17, 15) is 0 Å². The van der Waals surface area contributed by atoms with Gasteiger partial charge in [-0.15, -0.1) is 0 Å². The lowest BCUT2D eigenvalue weighted by Crippen LogP contribution is -2.49. The van der Waals surface area contributed by atoms with Crippen LogP contribution in [0.4, 0.5) is 0 Å². The Morgan fingerprint density at radius 1 is 1.21 bits per heavy atom. The molecular weight excluding hydrogens is 300 g/mol. The van der Waals surface area contributed by atoms with Gasteiger partial charge in [0.1, 0.15) is 0 Å². The van der Waals surface area contributed by atoms with Gasteiger partial charge in [0.15, 0.2) is 0 Å². The summed E-state index contributed by atoms with van der Waals surface area (Å²) in [4.78, 5) is 5.13. The maximum absolute atomic E-state index is 3.81. The lowest BCUT2D eigenvalue weighted by atomic mass is 9.80. The van der Waals surface area contributed by atoms with E-state index in [0.717, 1.165) is 11.4 Å². The molecule has 0 bridgehead atoms. The van der Waals surface area contributed by atoms with E-state index < -0.39 is 0 Å². The Labute approximate surface area is 129 Å². The molecule has 1 heterocycles. The molecule has 0 N–H and O–H groups in total. The molecule has 0 aliphatic carbocycles. The van der Waals surface area contributed by atoms with Crippen LogP contribution < -0.4 is 0 Å². The van der Waals surface area contributed by atoms with Gasteiger partial charge >= 0.3 is 0 Å². The highest BCUT2D eigenvalue weighted by molar-refractivity contribution is 9.09. The quantitative estimate of drug-likeness (QED) is 0.620. The number of rotatable bonds is 8. The molecule has 1 atom stereocenters. The zero-order valence-corrected chi connectivity index (χ0v) is 15.0. The molecule has 1 unspecified atom stereocenters. The van der Waals surface area contributed by atoms with Crippen molar-refractivity contribution in [1.29, 1.82) is 0 Å². The third-order valence-electron chi connectivity index (χ3n) is 4.61. The molecule has 1 aliphatic heterocycles. The summed E-state index contributed by atoms with van der Waals surface area (Å²) in [5, 5.41) is 1.16. The Bertz CT molecular complexity index is 237. The highest BCUT2D eigenvalue weighted by Crippen LogP contribution is 2.34. The van der Waals surface area contributed by atoms with Gasteiger partial charge in [-0.05, 0) is 51.7 Å². The van der Waals surface area contributed by atoms with Crippen LogP contribution in [0.25, 0.3) is 0 Å². The van der Waals surface area contributed by atoms with E-state index >= 15 is 0 Å². The van der Waals surface area contributed by atoms with Crippen molar-refractivity contribution in [3.8, 4) is 0 Å². The number of alkyl halides is 1. The molecule has 0 spiro atoms. The highest BCUT2D eigenvalue weighted by Gasteiger charge is 2.32. The SMILES string of the molecule is CCCC(CBr)(CCC)CN1CCCC(N(C)C)C1. The van der Waals surface area contributed by atoms with Gasteiger partial charge in [-0.1, -0.05) is 42.6 Å². The van der Waals surface area contributed by atoms with Gasteiger partial charge in [0.2, 0.25) is 0 Å². The smallest absolute Gasteiger partial charge is 0.0217 e. The number of halogens is 1. The summed E-state index contributed by atoms with van der Waals surface area (Å²) >= 11 is 3.81. The van der Waals surface area contributed by atoms with Crippen LogP contribution in [-0.2, 0) is 0 Å². The molecule has 114 valence electrons. The monoisotopic (exact) mass is 332 g/mol. The first-order valence-corrected chi connectivity index (χ1v) is 9.13. The summed E-state index contributed by atoms with van der Waals surface area (Å²) < 4.78 is 0. The highest BCUT2D eigenvalue weighted by atomic mass is 79.9. The van der Waals surface area contributed by atoms with Crippen molar-refractivity contribution < 1.29 is 0 Å². The molecule has 0 saturated carbocycles. The van der Waals surface area contributed by atoms with Gasteiger partial charge in [-0.2, -0.15) is 0 Å².